The van der Waals surface area contributed by atoms with Crippen LogP contribution < -0.4 is 15.4 Å². The summed E-state index contributed by atoms with van der Waals surface area (Å²) in [6, 6.07) is 8.99. The van der Waals surface area contributed by atoms with Crippen molar-refractivity contribution in [3.8, 4) is 5.75 Å². The van der Waals surface area contributed by atoms with E-state index in [-0.39, 0.29) is 5.91 Å². The monoisotopic (exact) mass is 314 g/mol. The zero-order chi connectivity index (χ0) is 16.7. The first-order valence-corrected chi connectivity index (χ1v) is 7.61. The van der Waals surface area contributed by atoms with Crippen LogP contribution in [0.4, 0.5) is 11.6 Å². The molecule has 6 heteroatoms. The van der Waals surface area contributed by atoms with Gasteiger partial charge in [-0.15, -0.1) is 0 Å². The number of rotatable bonds is 7. The lowest BCUT2D eigenvalue weighted by Gasteiger charge is -2.09. The number of anilines is 2. The van der Waals surface area contributed by atoms with Crippen molar-refractivity contribution < 1.29 is 9.53 Å². The molecule has 1 aromatic heterocycles. The largest absolute Gasteiger partial charge is 0.497 e. The van der Waals surface area contributed by atoms with E-state index in [1.54, 1.807) is 19.4 Å². The summed E-state index contributed by atoms with van der Waals surface area (Å²) < 4.78 is 5.11. The number of hydrogen-bond donors (Lipinski definition) is 2. The van der Waals surface area contributed by atoms with Gasteiger partial charge in [0, 0.05) is 18.4 Å². The zero-order valence-electron chi connectivity index (χ0n) is 13.7. The molecule has 2 rings (SSSR count). The SMILES string of the molecule is COc1ccc(Nc2nccc(C(=O)NCCC(C)C)n2)cc1. The fraction of sp³-hybridized carbons (Fsp3) is 0.353. The highest BCUT2D eigenvalue weighted by Gasteiger charge is 2.09. The summed E-state index contributed by atoms with van der Waals surface area (Å²) in [5.74, 6) is 1.51. The third kappa shape index (κ3) is 5.25. The normalized spacial score (nSPS) is 10.4. The van der Waals surface area contributed by atoms with Crippen LogP contribution in [-0.2, 0) is 0 Å². The van der Waals surface area contributed by atoms with Gasteiger partial charge in [0.05, 0.1) is 7.11 Å². The molecule has 0 fully saturated rings. The second-order valence-corrected chi connectivity index (χ2v) is 5.56. The molecule has 2 N–H and O–H groups in total. The predicted molar refractivity (Wildman–Crippen MR) is 90.1 cm³/mol. The Morgan fingerprint density at radius 3 is 2.61 bits per heavy atom. The summed E-state index contributed by atoms with van der Waals surface area (Å²) in [6.45, 7) is 4.88. The highest BCUT2D eigenvalue weighted by Crippen LogP contribution is 2.17. The van der Waals surface area contributed by atoms with Crippen molar-refractivity contribution in [2.24, 2.45) is 5.92 Å². The summed E-state index contributed by atoms with van der Waals surface area (Å²) in [7, 11) is 1.62. The number of nitrogens with zero attached hydrogens (tertiary/aromatic N) is 2. The van der Waals surface area contributed by atoms with E-state index in [1.807, 2.05) is 24.3 Å². The minimum atomic E-state index is -0.189. The molecule has 1 amide bonds. The number of amides is 1. The fourth-order valence-electron chi connectivity index (χ4n) is 1.91. The van der Waals surface area contributed by atoms with Gasteiger partial charge in [-0.1, -0.05) is 13.8 Å². The van der Waals surface area contributed by atoms with E-state index in [2.05, 4.69) is 34.4 Å². The van der Waals surface area contributed by atoms with Crippen LogP contribution in [0.5, 0.6) is 5.75 Å². The Balaban J connectivity index is 1.99. The molecule has 0 atom stereocenters. The van der Waals surface area contributed by atoms with Crippen molar-refractivity contribution >= 4 is 17.5 Å². The average molecular weight is 314 g/mol. The Kier molecular flexibility index (Phi) is 5.91. The summed E-state index contributed by atoms with van der Waals surface area (Å²) in [5, 5.41) is 5.93. The van der Waals surface area contributed by atoms with Gasteiger partial charge < -0.3 is 15.4 Å². The van der Waals surface area contributed by atoms with Crippen LogP contribution in [0.2, 0.25) is 0 Å². The average Bonchev–Trinajstić information content (AvgIpc) is 2.55. The van der Waals surface area contributed by atoms with Gasteiger partial charge in [0.1, 0.15) is 11.4 Å². The number of ether oxygens (including phenoxy) is 1. The minimum absolute atomic E-state index is 0.189. The van der Waals surface area contributed by atoms with Gasteiger partial charge in [0.2, 0.25) is 5.95 Å². The van der Waals surface area contributed by atoms with Crippen LogP contribution >= 0.6 is 0 Å². The standard InChI is InChI=1S/C17H22N4O2/c1-12(2)8-10-18-16(22)15-9-11-19-17(21-15)20-13-4-6-14(23-3)7-5-13/h4-7,9,11-12H,8,10H2,1-3H3,(H,18,22)(H,19,20,21). The van der Waals surface area contributed by atoms with Gasteiger partial charge in [-0.05, 0) is 42.7 Å². The van der Waals surface area contributed by atoms with E-state index < -0.39 is 0 Å². The molecular weight excluding hydrogens is 292 g/mol. The van der Waals surface area contributed by atoms with E-state index in [0.717, 1.165) is 17.9 Å². The second-order valence-electron chi connectivity index (χ2n) is 5.56. The predicted octanol–water partition coefficient (Wildman–Crippen LogP) is 3.00. The molecule has 122 valence electrons. The molecule has 23 heavy (non-hydrogen) atoms. The quantitative estimate of drug-likeness (QED) is 0.821. The van der Waals surface area contributed by atoms with Gasteiger partial charge in [-0.3, -0.25) is 4.79 Å². The minimum Gasteiger partial charge on any atom is -0.497 e. The number of carbonyl (C=O) groups excluding carboxylic acids is 1. The summed E-state index contributed by atoms with van der Waals surface area (Å²) >= 11 is 0. The lowest BCUT2D eigenvalue weighted by atomic mass is 10.1. The van der Waals surface area contributed by atoms with E-state index in [0.29, 0.717) is 24.1 Å². The maximum absolute atomic E-state index is 12.1. The molecule has 1 aromatic carbocycles. The second kappa shape index (κ2) is 8.12. The molecule has 0 saturated heterocycles. The molecule has 0 aliphatic carbocycles. The van der Waals surface area contributed by atoms with Crippen molar-refractivity contribution in [3.05, 3.63) is 42.2 Å². The number of nitrogens with one attached hydrogen (secondary N) is 2. The van der Waals surface area contributed by atoms with Crippen molar-refractivity contribution in [3.63, 3.8) is 0 Å². The van der Waals surface area contributed by atoms with Crippen molar-refractivity contribution in [2.45, 2.75) is 20.3 Å². The maximum Gasteiger partial charge on any atom is 0.270 e. The van der Waals surface area contributed by atoms with Crippen LogP contribution in [-0.4, -0.2) is 29.5 Å². The van der Waals surface area contributed by atoms with Gasteiger partial charge in [-0.25, -0.2) is 9.97 Å². The maximum atomic E-state index is 12.1. The molecule has 0 aliphatic heterocycles. The first kappa shape index (κ1) is 16.7. The van der Waals surface area contributed by atoms with Crippen LogP contribution in [0, 0.1) is 5.92 Å². The van der Waals surface area contributed by atoms with Crippen LogP contribution in [0.1, 0.15) is 30.8 Å². The summed E-state index contributed by atoms with van der Waals surface area (Å²) in [6.07, 6.45) is 2.50. The topological polar surface area (TPSA) is 76.1 Å². The van der Waals surface area contributed by atoms with Crippen LogP contribution in [0.15, 0.2) is 36.5 Å². The first-order chi connectivity index (χ1) is 11.1. The van der Waals surface area contributed by atoms with Gasteiger partial charge in [0.15, 0.2) is 0 Å². The van der Waals surface area contributed by atoms with E-state index in [9.17, 15) is 4.79 Å². The molecule has 2 aromatic rings. The molecule has 0 radical (unpaired) electrons. The van der Waals surface area contributed by atoms with Crippen molar-refractivity contribution in [1.29, 1.82) is 0 Å². The smallest absolute Gasteiger partial charge is 0.270 e. The van der Waals surface area contributed by atoms with E-state index in [4.69, 9.17) is 4.74 Å². The molecule has 0 spiro atoms. The van der Waals surface area contributed by atoms with Crippen molar-refractivity contribution in [2.75, 3.05) is 19.0 Å². The number of hydrogen-bond acceptors (Lipinski definition) is 5. The van der Waals surface area contributed by atoms with Crippen LogP contribution in [0.3, 0.4) is 0 Å². The molecule has 6 nitrogen and oxygen atoms in total. The molecule has 1 heterocycles. The summed E-state index contributed by atoms with van der Waals surface area (Å²) in [4.78, 5) is 20.4. The third-order valence-corrected chi connectivity index (χ3v) is 3.24. The highest BCUT2D eigenvalue weighted by atomic mass is 16.5. The van der Waals surface area contributed by atoms with Crippen molar-refractivity contribution in [1.82, 2.24) is 15.3 Å². The van der Waals surface area contributed by atoms with Gasteiger partial charge in [-0.2, -0.15) is 0 Å². The Labute approximate surface area is 136 Å². The molecule has 0 bridgehead atoms. The van der Waals surface area contributed by atoms with E-state index in [1.165, 1.54) is 0 Å². The molecule has 0 unspecified atom stereocenters. The Bertz CT molecular complexity index is 641. The fourth-order valence-corrected chi connectivity index (χ4v) is 1.91. The molecule has 0 saturated carbocycles. The zero-order valence-corrected chi connectivity index (χ0v) is 13.7. The first-order valence-electron chi connectivity index (χ1n) is 7.61. The number of carbonyl (C=O) groups is 1. The highest BCUT2D eigenvalue weighted by molar-refractivity contribution is 5.92. The number of benzene rings is 1. The Hall–Kier alpha value is -2.63. The van der Waals surface area contributed by atoms with Gasteiger partial charge in [0.25, 0.3) is 5.91 Å². The Morgan fingerprint density at radius 2 is 1.96 bits per heavy atom. The Morgan fingerprint density at radius 1 is 1.22 bits per heavy atom. The molecule has 0 aliphatic rings. The van der Waals surface area contributed by atoms with Gasteiger partial charge >= 0.3 is 0 Å². The van der Waals surface area contributed by atoms with Crippen LogP contribution in [0.25, 0.3) is 0 Å². The molecular formula is C17H22N4O2. The lowest BCUT2D eigenvalue weighted by Crippen LogP contribution is -2.26. The summed E-state index contributed by atoms with van der Waals surface area (Å²) in [5.41, 5.74) is 1.17. The number of methoxy groups -OCH3 is 1. The third-order valence-electron chi connectivity index (χ3n) is 3.24. The lowest BCUT2D eigenvalue weighted by molar-refractivity contribution is 0.0947. The number of aromatic nitrogens is 2. The van der Waals surface area contributed by atoms with E-state index >= 15 is 0 Å².